The van der Waals surface area contributed by atoms with Gasteiger partial charge >= 0.3 is 0 Å². The van der Waals surface area contributed by atoms with Crippen LogP contribution in [0, 0.1) is 0 Å². The summed E-state index contributed by atoms with van der Waals surface area (Å²) in [5.41, 5.74) is 4.35. The zero-order valence-electron chi connectivity index (χ0n) is 20.9. The third-order valence-corrected chi connectivity index (χ3v) is 7.01. The average molecular weight is 566 g/mol. The fraction of sp³-hybridized carbons (Fsp3) is 0.345. The molecule has 0 saturated carbocycles. The van der Waals surface area contributed by atoms with Crippen molar-refractivity contribution in [3.63, 3.8) is 0 Å². The second kappa shape index (κ2) is 13.9. The van der Waals surface area contributed by atoms with E-state index in [9.17, 15) is 9.59 Å². The van der Waals surface area contributed by atoms with Crippen molar-refractivity contribution in [1.29, 1.82) is 0 Å². The quantitative estimate of drug-likeness (QED) is 0.180. The number of hydrogen-bond acceptors (Lipinski definition) is 5. The van der Waals surface area contributed by atoms with Gasteiger partial charge in [-0.1, -0.05) is 52.7 Å². The first-order valence-electron chi connectivity index (χ1n) is 12.9. The van der Waals surface area contributed by atoms with Crippen molar-refractivity contribution >= 4 is 34.0 Å². The number of benzene rings is 2. The maximum Gasteiger partial charge on any atom is 0.257 e. The van der Waals surface area contributed by atoms with E-state index in [0.29, 0.717) is 17.9 Å². The molecule has 1 fully saturated rings. The number of nitrogens with one attached hydrogen (secondary N) is 2. The van der Waals surface area contributed by atoms with E-state index in [4.69, 9.17) is 4.42 Å². The van der Waals surface area contributed by atoms with Crippen molar-refractivity contribution < 1.29 is 14.0 Å². The summed E-state index contributed by atoms with van der Waals surface area (Å²) in [6, 6.07) is 20.6. The third kappa shape index (κ3) is 8.13. The third-order valence-electron chi connectivity index (χ3n) is 6.48. The summed E-state index contributed by atoms with van der Waals surface area (Å²) in [6.07, 6.45) is 7.31. The minimum absolute atomic E-state index is 0.0681. The van der Waals surface area contributed by atoms with Crippen LogP contribution >= 0.6 is 15.9 Å². The second-order valence-electron chi connectivity index (χ2n) is 9.17. The molecule has 194 valence electrons. The summed E-state index contributed by atoms with van der Waals surface area (Å²) < 4.78 is 6.86. The van der Waals surface area contributed by atoms with Gasteiger partial charge in [0.2, 0.25) is 0 Å². The first-order chi connectivity index (χ1) is 18.1. The molecular weight excluding hydrogens is 532 g/mol. The molecule has 8 heteroatoms. The highest BCUT2D eigenvalue weighted by Crippen LogP contribution is 2.23. The number of halogens is 1. The minimum Gasteiger partial charge on any atom is -0.455 e. The van der Waals surface area contributed by atoms with Crippen LogP contribution in [0.2, 0.25) is 0 Å². The van der Waals surface area contributed by atoms with E-state index < -0.39 is 0 Å². The van der Waals surface area contributed by atoms with Crippen molar-refractivity contribution in [3.05, 3.63) is 82.5 Å². The Balaban J connectivity index is 1.27. The van der Waals surface area contributed by atoms with E-state index >= 15 is 0 Å². The van der Waals surface area contributed by atoms with E-state index in [-0.39, 0.29) is 17.9 Å². The Kier molecular flexibility index (Phi) is 10.1. The Morgan fingerprint density at radius 2 is 1.73 bits per heavy atom. The lowest BCUT2D eigenvalue weighted by atomic mass is 10.0. The van der Waals surface area contributed by atoms with Gasteiger partial charge in [0.25, 0.3) is 11.8 Å². The molecule has 0 spiro atoms. The zero-order valence-corrected chi connectivity index (χ0v) is 22.5. The van der Waals surface area contributed by atoms with Gasteiger partial charge in [0.15, 0.2) is 0 Å². The molecule has 2 N–H and O–H groups in total. The number of likely N-dealkylation sites (tertiary alicyclic amines) is 1. The van der Waals surface area contributed by atoms with Crippen LogP contribution in [-0.4, -0.2) is 48.6 Å². The molecule has 3 aromatic rings. The van der Waals surface area contributed by atoms with Crippen molar-refractivity contribution in [2.24, 2.45) is 5.10 Å². The molecule has 1 aliphatic heterocycles. The van der Waals surface area contributed by atoms with Gasteiger partial charge in [0.1, 0.15) is 11.5 Å². The summed E-state index contributed by atoms with van der Waals surface area (Å²) in [4.78, 5) is 27.6. The molecule has 0 radical (unpaired) electrons. The van der Waals surface area contributed by atoms with Crippen LogP contribution in [0.25, 0.3) is 11.3 Å². The number of nitrogens with zero attached hydrogens (tertiary/aromatic N) is 2. The molecule has 1 atom stereocenters. The second-order valence-corrected chi connectivity index (χ2v) is 10.1. The Hall–Kier alpha value is -3.23. The monoisotopic (exact) mass is 564 g/mol. The van der Waals surface area contributed by atoms with Crippen LogP contribution < -0.4 is 10.7 Å². The molecule has 1 aliphatic rings. The molecule has 37 heavy (non-hydrogen) atoms. The normalized spacial score (nSPS) is 14.9. The maximum absolute atomic E-state index is 13.1. The number of piperidine rings is 1. The lowest BCUT2D eigenvalue weighted by molar-refractivity contribution is -0.127. The van der Waals surface area contributed by atoms with Gasteiger partial charge in [0.05, 0.1) is 12.3 Å². The van der Waals surface area contributed by atoms with Crippen molar-refractivity contribution in [1.82, 2.24) is 15.6 Å². The SMILES string of the molecule is O=C(NCCCCC(C(=O)N/N=C/c1ccc(-c2ccc(Br)cc2)o1)N1CCCCC1)c1ccccc1. The van der Waals surface area contributed by atoms with E-state index in [1.807, 2.05) is 54.6 Å². The highest BCUT2D eigenvalue weighted by atomic mass is 79.9. The lowest BCUT2D eigenvalue weighted by Crippen LogP contribution is -2.47. The smallest absolute Gasteiger partial charge is 0.257 e. The largest absolute Gasteiger partial charge is 0.455 e. The molecule has 2 amide bonds. The van der Waals surface area contributed by atoms with Gasteiger partial charge in [-0.05, 0) is 81.6 Å². The molecular formula is C29H33BrN4O3. The van der Waals surface area contributed by atoms with E-state index in [0.717, 1.165) is 61.0 Å². The fourth-order valence-electron chi connectivity index (χ4n) is 4.49. The van der Waals surface area contributed by atoms with Crippen LogP contribution in [-0.2, 0) is 4.79 Å². The first-order valence-corrected chi connectivity index (χ1v) is 13.7. The number of carbonyl (C=O) groups is 2. The van der Waals surface area contributed by atoms with Crippen molar-refractivity contribution in [2.75, 3.05) is 19.6 Å². The van der Waals surface area contributed by atoms with Crippen LogP contribution in [0.4, 0.5) is 0 Å². The molecule has 1 aromatic heterocycles. The molecule has 1 saturated heterocycles. The molecule has 4 rings (SSSR count). The topological polar surface area (TPSA) is 86.9 Å². The Morgan fingerprint density at radius 1 is 0.973 bits per heavy atom. The van der Waals surface area contributed by atoms with Crippen LogP contribution in [0.15, 0.2) is 80.7 Å². The molecule has 0 bridgehead atoms. The number of furan rings is 1. The van der Waals surface area contributed by atoms with Crippen LogP contribution in [0.1, 0.15) is 54.6 Å². The van der Waals surface area contributed by atoms with Crippen LogP contribution in [0.5, 0.6) is 0 Å². The van der Waals surface area contributed by atoms with Gasteiger partial charge in [-0.3, -0.25) is 14.5 Å². The Bertz CT molecular complexity index is 1170. The molecule has 0 aliphatic carbocycles. The number of hydrazone groups is 1. The van der Waals surface area contributed by atoms with E-state index in [2.05, 4.69) is 36.7 Å². The minimum atomic E-state index is -0.239. The summed E-state index contributed by atoms with van der Waals surface area (Å²) in [6.45, 7) is 2.42. The highest BCUT2D eigenvalue weighted by Gasteiger charge is 2.26. The Morgan fingerprint density at radius 3 is 2.49 bits per heavy atom. The van der Waals surface area contributed by atoms with Gasteiger partial charge in [-0.2, -0.15) is 5.10 Å². The molecule has 2 aromatic carbocycles. The fourth-order valence-corrected chi connectivity index (χ4v) is 4.76. The predicted molar refractivity (Wildman–Crippen MR) is 149 cm³/mol. The number of carbonyl (C=O) groups excluding carboxylic acids is 2. The average Bonchev–Trinajstić information content (AvgIpc) is 3.40. The first kappa shape index (κ1) is 26.8. The van der Waals surface area contributed by atoms with E-state index in [1.54, 1.807) is 12.1 Å². The molecule has 7 nitrogen and oxygen atoms in total. The summed E-state index contributed by atoms with van der Waals surface area (Å²) >= 11 is 3.44. The standard InChI is InChI=1S/C29H33BrN4O3/c30-24-14-12-22(13-15-24)27-17-16-25(37-27)21-32-33-29(36)26(34-19-7-2-8-20-34)11-5-6-18-31-28(35)23-9-3-1-4-10-23/h1,3-4,9-10,12-17,21,26H,2,5-8,11,18-20H2,(H,31,35)(H,33,36)/b32-21+. The Labute approximate surface area is 226 Å². The highest BCUT2D eigenvalue weighted by molar-refractivity contribution is 9.10. The number of amides is 2. The number of hydrogen-bond donors (Lipinski definition) is 2. The predicted octanol–water partition coefficient (Wildman–Crippen LogP) is 5.61. The van der Waals surface area contributed by atoms with E-state index in [1.165, 1.54) is 12.6 Å². The zero-order chi connectivity index (χ0) is 25.9. The van der Waals surface area contributed by atoms with Crippen molar-refractivity contribution in [2.45, 2.75) is 44.6 Å². The summed E-state index contributed by atoms with van der Waals surface area (Å²) in [5.74, 6) is 1.14. The van der Waals surface area contributed by atoms with Gasteiger partial charge < -0.3 is 9.73 Å². The van der Waals surface area contributed by atoms with Crippen LogP contribution in [0.3, 0.4) is 0 Å². The number of unbranched alkanes of at least 4 members (excludes halogenated alkanes) is 1. The van der Waals surface area contributed by atoms with Gasteiger partial charge in [-0.15, -0.1) is 0 Å². The van der Waals surface area contributed by atoms with Crippen molar-refractivity contribution in [3.8, 4) is 11.3 Å². The van der Waals surface area contributed by atoms with Gasteiger partial charge in [0, 0.05) is 22.1 Å². The number of rotatable bonds is 11. The summed E-state index contributed by atoms with van der Waals surface area (Å²) in [5, 5.41) is 7.13. The molecule has 2 heterocycles. The van der Waals surface area contributed by atoms with Gasteiger partial charge in [-0.25, -0.2) is 5.43 Å². The molecule has 1 unspecified atom stereocenters. The maximum atomic E-state index is 13.1. The lowest BCUT2D eigenvalue weighted by Gasteiger charge is -2.33. The summed E-state index contributed by atoms with van der Waals surface area (Å²) in [7, 11) is 0.